The fourth-order valence-corrected chi connectivity index (χ4v) is 10.5. The van der Waals surface area contributed by atoms with Crippen molar-refractivity contribution < 1.29 is 39.3 Å². The molecule has 0 spiro atoms. The molecule has 2 aliphatic rings. The summed E-state index contributed by atoms with van der Waals surface area (Å²) in [5, 5.41) is 9.07. The van der Waals surface area contributed by atoms with Crippen LogP contribution >= 0.6 is 7.92 Å². The quantitative estimate of drug-likeness (QED) is 0.154. The van der Waals surface area contributed by atoms with Gasteiger partial charge in [-0.15, -0.1) is 0 Å². The van der Waals surface area contributed by atoms with Crippen LogP contribution in [0, 0.1) is 11.3 Å². The van der Waals surface area contributed by atoms with Crippen LogP contribution in [0.1, 0.15) is 147 Å². The molecule has 0 amide bonds. The summed E-state index contributed by atoms with van der Waals surface area (Å²) in [5.41, 5.74) is 9.71. The second kappa shape index (κ2) is 17.2. The summed E-state index contributed by atoms with van der Waals surface area (Å²) < 4.78 is 59.6. The minimum absolute atomic E-state index is 0. The average molecular weight is 950 g/mol. The van der Waals surface area contributed by atoms with Crippen molar-refractivity contribution in [2.75, 3.05) is 0 Å². The molecule has 0 saturated heterocycles. The molecule has 2 aromatic carbocycles. The van der Waals surface area contributed by atoms with Crippen molar-refractivity contribution in [1.29, 1.82) is 5.26 Å². The zero-order valence-corrected chi connectivity index (χ0v) is 33.4. The Bertz CT molecular complexity index is 1190. The summed E-state index contributed by atoms with van der Waals surface area (Å²) >= 11 is -11.2. The molecule has 0 aliphatic heterocycles. The second-order valence-corrected chi connectivity index (χ2v) is 21.5. The molecule has 2 aliphatic carbocycles. The maximum atomic E-state index is 9.93. The molecule has 0 atom stereocenters. The van der Waals surface area contributed by atoms with Gasteiger partial charge < -0.3 is 0 Å². The van der Waals surface area contributed by atoms with E-state index in [-0.39, 0.29) is 30.3 Å². The Morgan fingerprint density at radius 1 is 0.689 bits per heavy atom. The fraction of sp³-hybridized carbons (Fsp3) is 0.629. The van der Waals surface area contributed by atoms with E-state index in [2.05, 4.69) is 77.9 Å². The van der Waals surface area contributed by atoms with Crippen molar-refractivity contribution >= 4 is 32.7 Å². The fourth-order valence-electron chi connectivity index (χ4n) is 6.59. The Morgan fingerprint density at radius 3 is 1.38 bits per heavy atom. The summed E-state index contributed by atoms with van der Waals surface area (Å²) in [6.45, 7) is 15.7. The van der Waals surface area contributed by atoms with Gasteiger partial charge in [0, 0.05) is 29.3 Å². The monoisotopic (exact) mass is 949 g/mol. The Hall–Kier alpha value is -0.502. The van der Waals surface area contributed by atoms with E-state index in [0.29, 0.717) is 17.8 Å². The van der Waals surface area contributed by atoms with Crippen molar-refractivity contribution in [2.24, 2.45) is 0 Å². The summed E-state index contributed by atoms with van der Waals surface area (Å²) in [6, 6.07) is 16.6. The van der Waals surface area contributed by atoms with E-state index in [1.807, 2.05) is 0 Å². The molecule has 2 aromatic rings. The molecule has 2 saturated carbocycles. The van der Waals surface area contributed by atoms with Gasteiger partial charge >= 0.3 is 36.4 Å². The average Bonchev–Trinajstić information content (AvgIpc) is 2.92. The third kappa shape index (κ3) is 15.1. The molecule has 1 radical (unpaired) electrons. The van der Waals surface area contributed by atoms with Crippen molar-refractivity contribution in [2.45, 2.75) is 142 Å². The Labute approximate surface area is 287 Å². The van der Waals surface area contributed by atoms with Gasteiger partial charge in [-0.1, -0.05) is 124 Å². The van der Waals surface area contributed by atoms with Crippen LogP contribution in [0.3, 0.4) is 0 Å². The van der Waals surface area contributed by atoms with Gasteiger partial charge in [0.15, 0.2) is 0 Å². The number of nitriles is 1. The van der Waals surface area contributed by atoms with Gasteiger partial charge in [0.05, 0.1) is 6.07 Å². The standard InChI is InChI=1S/C33H49P.C2H3N.Au.6FH.Sb/c1-23(2)26-21-30(24(3)4)33(31(22-26)25(5)6)29-19-13-14-20-32(29)34(27-15-9-7-10-16-27)28-17-11-8-12-18-28;1-2-3;;;;;;;;/h13-14,19-25,27-28H,7-12,15-18H2,1-6H3;1H3;;6*1H;/q;;;;;;;;;+5/p-6. The van der Waals surface area contributed by atoms with Gasteiger partial charge in [-0.25, -0.2) is 0 Å². The summed E-state index contributed by atoms with van der Waals surface area (Å²) in [5.74, 6) is 1.64. The first-order valence-electron chi connectivity index (χ1n) is 16.2. The molecule has 2 fully saturated rings. The van der Waals surface area contributed by atoms with Gasteiger partial charge in [0.25, 0.3) is 0 Å². The van der Waals surface area contributed by atoms with E-state index < -0.39 is 19.5 Å². The molecule has 4 rings (SSSR count). The van der Waals surface area contributed by atoms with E-state index in [1.54, 1.807) is 33.6 Å². The molecule has 0 bridgehead atoms. The number of hydrogen-bond acceptors (Lipinski definition) is 1. The topological polar surface area (TPSA) is 23.8 Å². The second-order valence-electron chi connectivity index (χ2n) is 13.2. The first-order valence-corrected chi connectivity index (χ1v) is 23.4. The molecule has 45 heavy (non-hydrogen) atoms. The van der Waals surface area contributed by atoms with Crippen LogP contribution in [0.5, 0.6) is 0 Å². The maximum absolute atomic E-state index is 11.2. The summed E-state index contributed by atoms with van der Waals surface area (Å²) in [6.07, 6.45) is 14.6. The summed E-state index contributed by atoms with van der Waals surface area (Å²) in [4.78, 5) is 0. The molecular weight excluding hydrogens is 898 g/mol. The van der Waals surface area contributed by atoms with Crippen LogP contribution in [0.2, 0.25) is 0 Å². The number of halogens is 6. The van der Waals surface area contributed by atoms with Crippen LogP contribution in [-0.2, 0) is 22.4 Å². The number of hydrogen-bond donors (Lipinski definition) is 0. The molecule has 1 nitrogen and oxygen atoms in total. The molecular formula is C35H52AuF6NPSb-. The van der Waals surface area contributed by atoms with Crippen LogP contribution in [0.4, 0.5) is 16.9 Å². The van der Waals surface area contributed by atoms with Crippen molar-refractivity contribution in [3.63, 3.8) is 0 Å². The SMILES string of the molecule is CC#N.CC(C)c1cc(C(C)C)c(-c2ccccc2P(C2CCCCC2)C2CCCCC2)c(C(C)C)c1.[Au].[F][Sb-]([F])([F])([F])([F])[F]. The van der Waals surface area contributed by atoms with Crippen LogP contribution in [0.15, 0.2) is 36.4 Å². The van der Waals surface area contributed by atoms with Crippen LogP contribution < -0.4 is 5.30 Å². The Kier molecular flexibility index (Phi) is 16.3. The van der Waals surface area contributed by atoms with Crippen molar-refractivity contribution in [3.05, 3.63) is 53.1 Å². The van der Waals surface area contributed by atoms with E-state index in [1.165, 1.54) is 76.7 Å². The van der Waals surface area contributed by atoms with Gasteiger partial charge in [-0.2, -0.15) is 5.26 Å². The number of rotatable bonds is 7. The predicted molar refractivity (Wildman–Crippen MR) is 178 cm³/mol. The van der Waals surface area contributed by atoms with Crippen molar-refractivity contribution in [1.82, 2.24) is 0 Å². The third-order valence-corrected chi connectivity index (χ3v) is 12.1. The van der Waals surface area contributed by atoms with Gasteiger partial charge in [-0.05, 0) is 87.9 Å². The first kappa shape index (κ1) is 42.5. The molecule has 0 heterocycles. The van der Waals surface area contributed by atoms with E-state index in [4.69, 9.17) is 5.26 Å². The number of benzene rings is 2. The molecule has 10 heteroatoms. The Morgan fingerprint density at radius 2 is 1.04 bits per heavy atom. The van der Waals surface area contributed by atoms with E-state index >= 15 is 0 Å². The predicted octanol–water partition coefficient (Wildman–Crippen LogP) is 13.2. The number of nitrogens with zero attached hydrogens (tertiary/aromatic N) is 1. The zero-order chi connectivity index (χ0) is 33.4. The van der Waals surface area contributed by atoms with Crippen molar-refractivity contribution in [3.8, 4) is 17.2 Å². The summed E-state index contributed by atoms with van der Waals surface area (Å²) in [7, 11) is -0.120. The van der Waals surface area contributed by atoms with Gasteiger partial charge in [0.1, 0.15) is 0 Å². The Balaban J connectivity index is 0.000000803. The molecule has 261 valence electrons. The normalized spacial score (nSPS) is 17.8. The zero-order valence-electron chi connectivity index (χ0n) is 27.8. The molecule has 0 aromatic heterocycles. The molecule has 0 N–H and O–H groups in total. The van der Waals surface area contributed by atoms with Crippen LogP contribution in [-0.4, -0.2) is 30.8 Å². The van der Waals surface area contributed by atoms with Crippen LogP contribution in [0.25, 0.3) is 11.1 Å². The van der Waals surface area contributed by atoms with Gasteiger partial charge in [-0.3, -0.25) is 0 Å². The van der Waals surface area contributed by atoms with Gasteiger partial charge in [0.2, 0.25) is 0 Å². The minimum atomic E-state index is -11.2. The first-order chi connectivity index (χ1) is 20.2. The van der Waals surface area contributed by atoms with E-state index in [9.17, 15) is 16.9 Å². The third-order valence-electron chi connectivity index (χ3n) is 8.52. The molecule has 0 unspecified atom stereocenters. The van der Waals surface area contributed by atoms with E-state index in [0.717, 1.165) is 11.3 Å².